The Morgan fingerprint density at radius 3 is 2.32 bits per heavy atom. The predicted molar refractivity (Wildman–Crippen MR) is 92.7 cm³/mol. The van der Waals surface area contributed by atoms with Crippen LogP contribution in [-0.4, -0.2) is 6.73 Å². The number of hydrogen-bond acceptors (Lipinski definition) is 2. The van der Waals surface area contributed by atoms with Crippen molar-refractivity contribution in [1.82, 2.24) is 0 Å². The molecular formula is C20H25NO. The van der Waals surface area contributed by atoms with Crippen LogP contribution in [0.2, 0.25) is 0 Å². The Labute approximate surface area is 133 Å². The Hall–Kier alpha value is -1.96. The number of hydrogen-bond donors (Lipinski definition) is 0. The molecule has 0 N–H and O–H groups in total. The number of anilines is 1. The minimum atomic E-state index is 0.163. The minimum absolute atomic E-state index is 0.163. The highest BCUT2D eigenvalue weighted by Crippen LogP contribution is 2.34. The molecule has 0 atom stereocenters. The van der Waals surface area contributed by atoms with Gasteiger partial charge in [0.25, 0.3) is 0 Å². The molecule has 0 spiro atoms. The van der Waals surface area contributed by atoms with Crippen molar-refractivity contribution in [2.75, 3.05) is 11.6 Å². The SMILES string of the molecule is Cc1cccc(C)c1N1COc2ccc(C(C)(C)C)cc2C1. The summed E-state index contributed by atoms with van der Waals surface area (Å²) < 4.78 is 5.99. The summed E-state index contributed by atoms with van der Waals surface area (Å²) in [5.41, 5.74) is 6.71. The predicted octanol–water partition coefficient (Wildman–Crippen LogP) is 4.96. The van der Waals surface area contributed by atoms with Crippen LogP contribution < -0.4 is 9.64 Å². The van der Waals surface area contributed by atoms with Crippen molar-refractivity contribution in [3.05, 3.63) is 58.7 Å². The fraction of sp³-hybridized carbons (Fsp3) is 0.400. The Bertz CT molecular complexity index is 677. The molecule has 2 nitrogen and oxygen atoms in total. The van der Waals surface area contributed by atoms with Crippen molar-refractivity contribution in [1.29, 1.82) is 0 Å². The first-order valence-electron chi connectivity index (χ1n) is 7.93. The summed E-state index contributed by atoms with van der Waals surface area (Å²) >= 11 is 0. The molecule has 1 aliphatic heterocycles. The topological polar surface area (TPSA) is 12.5 Å². The molecule has 0 unspecified atom stereocenters. The second kappa shape index (κ2) is 5.35. The summed E-state index contributed by atoms with van der Waals surface area (Å²) in [5, 5.41) is 0. The molecule has 0 amide bonds. The molecule has 0 saturated carbocycles. The largest absolute Gasteiger partial charge is 0.473 e. The highest BCUT2D eigenvalue weighted by atomic mass is 16.5. The Morgan fingerprint density at radius 2 is 1.68 bits per heavy atom. The first-order valence-corrected chi connectivity index (χ1v) is 7.93. The van der Waals surface area contributed by atoms with Crippen LogP contribution >= 0.6 is 0 Å². The molecular weight excluding hydrogens is 270 g/mol. The van der Waals surface area contributed by atoms with Gasteiger partial charge < -0.3 is 9.64 Å². The quantitative estimate of drug-likeness (QED) is 0.737. The van der Waals surface area contributed by atoms with Gasteiger partial charge in [0.2, 0.25) is 0 Å². The Morgan fingerprint density at radius 1 is 1.00 bits per heavy atom. The van der Waals surface area contributed by atoms with Gasteiger partial charge >= 0.3 is 0 Å². The van der Waals surface area contributed by atoms with Crippen LogP contribution in [0.15, 0.2) is 36.4 Å². The molecule has 2 aromatic carbocycles. The van der Waals surface area contributed by atoms with Gasteiger partial charge in [-0.25, -0.2) is 0 Å². The van der Waals surface area contributed by atoms with Crippen LogP contribution in [0, 0.1) is 13.8 Å². The first kappa shape index (κ1) is 15.0. The molecule has 2 aromatic rings. The zero-order chi connectivity index (χ0) is 15.9. The second-order valence-electron chi connectivity index (χ2n) is 7.28. The third kappa shape index (κ3) is 2.70. The van der Waals surface area contributed by atoms with Gasteiger partial charge in [0.15, 0.2) is 6.73 Å². The zero-order valence-electron chi connectivity index (χ0n) is 14.2. The van der Waals surface area contributed by atoms with Crippen molar-refractivity contribution >= 4 is 5.69 Å². The molecule has 1 aliphatic rings. The molecule has 22 heavy (non-hydrogen) atoms. The maximum absolute atomic E-state index is 5.99. The van der Waals surface area contributed by atoms with E-state index in [1.165, 1.54) is 27.9 Å². The van der Waals surface area contributed by atoms with E-state index in [0.717, 1.165) is 12.3 Å². The van der Waals surface area contributed by atoms with Gasteiger partial charge in [0.1, 0.15) is 5.75 Å². The van der Waals surface area contributed by atoms with Crippen LogP contribution in [0.3, 0.4) is 0 Å². The molecule has 3 rings (SSSR count). The standard InChI is InChI=1S/C20H25NO/c1-14-7-6-8-15(2)19(14)21-12-16-11-17(20(3,4)5)9-10-18(16)22-13-21/h6-11H,12-13H2,1-5H3. The number of nitrogens with zero attached hydrogens (tertiary/aromatic N) is 1. The molecule has 0 radical (unpaired) electrons. The molecule has 0 saturated heterocycles. The highest BCUT2D eigenvalue weighted by molar-refractivity contribution is 5.60. The lowest BCUT2D eigenvalue weighted by molar-refractivity contribution is 0.288. The van der Waals surface area contributed by atoms with Gasteiger partial charge in [0, 0.05) is 17.8 Å². The fourth-order valence-electron chi connectivity index (χ4n) is 3.16. The van der Waals surface area contributed by atoms with E-state index in [0.29, 0.717) is 6.73 Å². The summed E-state index contributed by atoms with van der Waals surface area (Å²) in [7, 11) is 0. The van der Waals surface area contributed by atoms with E-state index < -0.39 is 0 Å². The van der Waals surface area contributed by atoms with Crippen LogP contribution in [0.4, 0.5) is 5.69 Å². The summed E-state index contributed by atoms with van der Waals surface area (Å²) in [6, 6.07) is 13.1. The van der Waals surface area contributed by atoms with Gasteiger partial charge in [-0.3, -0.25) is 0 Å². The lowest BCUT2D eigenvalue weighted by atomic mass is 9.86. The third-order valence-corrected chi connectivity index (χ3v) is 4.42. The number of para-hydroxylation sites is 1. The Balaban J connectivity index is 1.96. The summed E-state index contributed by atoms with van der Waals surface area (Å²) in [4.78, 5) is 2.33. The van der Waals surface area contributed by atoms with Crippen LogP contribution in [0.25, 0.3) is 0 Å². The van der Waals surface area contributed by atoms with E-state index in [4.69, 9.17) is 4.74 Å². The van der Waals surface area contributed by atoms with Crippen molar-refractivity contribution < 1.29 is 4.74 Å². The number of rotatable bonds is 1. The van der Waals surface area contributed by atoms with Gasteiger partial charge in [-0.2, -0.15) is 0 Å². The monoisotopic (exact) mass is 295 g/mol. The zero-order valence-corrected chi connectivity index (χ0v) is 14.2. The normalized spacial score (nSPS) is 14.5. The van der Waals surface area contributed by atoms with E-state index in [1.54, 1.807) is 0 Å². The number of benzene rings is 2. The minimum Gasteiger partial charge on any atom is -0.473 e. The molecule has 0 aliphatic carbocycles. The van der Waals surface area contributed by atoms with E-state index >= 15 is 0 Å². The molecule has 116 valence electrons. The van der Waals surface area contributed by atoms with E-state index in [9.17, 15) is 0 Å². The lowest BCUT2D eigenvalue weighted by Gasteiger charge is -2.34. The van der Waals surface area contributed by atoms with Crippen LogP contribution in [-0.2, 0) is 12.0 Å². The van der Waals surface area contributed by atoms with Crippen molar-refractivity contribution in [2.24, 2.45) is 0 Å². The third-order valence-electron chi connectivity index (χ3n) is 4.42. The van der Waals surface area contributed by atoms with Gasteiger partial charge in [-0.05, 0) is 48.1 Å². The number of aryl methyl sites for hydroxylation is 2. The van der Waals surface area contributed by atoms with Crippen molar-refractivity contribution in [3.63, 3.8) is 0 Å². The van der Waals surface area contributed by atoms with Crippen LogP contribution in [0.5, 0.6) is 5.75 Å². The molecule has 1 heterocycles. The number of fused-ring (bicyclic) bond motifs is 1. The van der Waals surface area contributed by atoms with Crippen LogP contribution in [0.1, 0.15) is 43.0 Å². The summed E-state index contributed by atoms with van der Waals surface area (Å²) in [5.74, 6) is 1.02. The molecule has 2 heteroatoms. The summed E-state index contributed by atoms with van der Waals surface area (Å²) in [6.07, 6.45) is 0. The van der Waals surface area contributed by atoms with Gasteiger partial charge in [-0.1, -0.05) is 45.0 Å². The molecule has 0 fully saturated rings. The molecule has 0 bridgehead atoms. The Kier molecular flexibility index (Phi) is 3.64. The van der Waals surface area contributed by atoms with E-state index in [-0.39, 0.29) is 5.41 Å². The second-order valence-corrected chi connectivity index (χ2v) is 7.28. The molecule has 0 aromatic heterocycles. The average molecular weight is 295 g/mol. The number of ether oxygens (including phenoxy) is 1. The highest BCUT2D eigenvalue weighted by Gasteiger charge is 2.22. The van der Waals surface area contributed by atoms with Crippen molar-refractivity contribution in [3.8, 4) is 5.75 Å². The van der Waals surface area contributed by atoms with E-state index in [2.05, 4.69) is 75.9 Å². The first-order chi connectivity index (χ1) is 10.4. The van der Waals surface area contributed by atoms with Gasteiger partial charge in [0.05, 0.1) is 0 Å². The average Bonchev–Trinajstić information content (AvgIpc) is 2.45. The maximum atomic E-state index is 5.99. The fourth-order valence-corrected chi connectivity index (χ4v) is 3.16. The lowest BCUT2D eigenvalue weighted by Crippen LogP contribution is -2.33. The van der Waals surface area contributed by atoms with Gasteiger partial charge in [-0.15, -0.1) is 0 Å². The van der Waals surface area contributed by atoms with E-state index in [1.807, 2.05) is 0 Å². The maximum Gasteiger partial charge on any atom is 0.161 e. The smallest absolute Gasteiger partial charge is 0.161 e. The summed E-state index contributed by atoms with van der Waals surface area (Å²) in [6.45, 7) is 12.6. The van der Waals surface area contributed by atoms with Crippen molar-refractivity contribution in [2.45, 2.75) is 46.6 Å².